The van der Waals surface area contributed by atoms with Gasteiger partial charge in [-0.15, -0.1) is 11.3 Å². The number of rotatable bonds is 6. The summed E-state index contributed by atoms with van der Waals surface area (Å²) in [6.07, 6.45) is 2.16. The zero-order chi connectivity index (χ0) is 12.8. The Morgan fingerprint density at radius 2 is 2.00 bits per heavy atom. The van der Waals surface area contributed by atoms with Gasteiger partial charge in [-0.25, -0.2) is 0 Å². The van der Waals surface area contributed by atoms with Crippen molar-refractivity contribution in [2.75, 3.05) is 12.3 Å². The van der Waals surface area contributed by atoms with Crippen LogP contribution in [0.25, 0.3) is 0 Å². The molecule has 0 fully saturated rings. The van der Waals surface area contributed by atoms with Crippen molar-refractivity contribution in [3.05, 3.63) is 51.7 Å². The standard InChI is InChI=1S/C15H20N2S/c1-2-14-6-7-15(18-14)11-17-9-8-12-4-3-5-13(16)10-12/h3-7,10,17H,2,8-9,11,16H2,1H3. The molecule has 1 aromatic heterocycles. The molecule has 0 bridgehead atoms. The maximum atomic E-state index is 5.75. The third-order valence-corrected chi connectivity index (χ3v) is 4.14. The summed E-state index contributed by atoms with van der Waals surface area (Å²) in [7, 11) is 0. The van der Waals surface area contributed by atoms with Crippen molar-refractivity contribution in [2.24, 2.45) is 0 Å². The molecule has 0 atom stereocenters. The molecule has 0 saturated heterocycles. The van der Waals surface area contributed by atoms with E-state index in [1.807, 2.05) is 29.5 Å². The van der Waals surface area contributed by atoms with Gasteiger partial charge in [0.15, 0.2) is 0 Å². The van der Waals surface area contributed by atoms with Crippen LogP contribution in [0.2, 0.25) is 0 Å². The van der Waals surface area contributed by atoms with Gasteiger partial charge in [-0.1, -0.05) is 19.1 Å². The fraction of sp³-hybridized carbons (Fsp3) is 0.333. The van der Waals surface area contributed by atoms with E-state index in [1.165, 1.54) is 15.3 Å². The highest BCUT2D eigenvalue weighted by Crippen LogP contribution is 2.16. The van der Waals surface area contributed by atoms with Gasteiger partial charge in [0.1, 0.15) is 0 Å². The minimum atomic E-state index is 0.846. The average molecular weight is 260 g/mol. The topological polar surface area (TPSA) is 38.0 Å². The van der Waals surface area contributed by atoms with E-state index >= 15 is 0 Å². The van der Waals surface area contributed by atoms with Gasteiger partial charge in [-0.05, 0) is 49.2 Å². The number of hydrogen-bond donors (Lipinski definition) is 2. The highest BCUT2D eigenvalue weighted by Gasteiger charge is 1.98. The second kappa shape index (κ2) is 6.57. The summed E-state index contributed by atoms with van der Waals surface area (Å²) in [6, 6.07) is 12.5. The molecule has 0 saturated carbocycles. The molecule has 1 aromatic carbocycles. The van der Waals surface area contributed by atoms with E-state index in [2.05, 4.69) is 30.4 Å². The molecule has 2 nitrogen and oxygen atoms in total. The number of nitrogen functional groups attached to an aromatic ring is 1. The van der Waals surface area contributed by atoms with Crippen LogP contribution in [0.15, 0.2) is 36.4 Å². The van der Waals surface area contributed by atoms with Gasteiger partial charge in [0, 0.05) is 22.0 Å². The second-order valence-electron chi connectivity index (χ2n) is 4.39. The quantitative estimate of drug-likeness (QED) is 0.618. The van der Waals surface area contributed by atoms with E-state index in [9.17, 15) is 0 Å². The van der Waals surface area contributed by atoms with Crippen LogP contribution in [-0.4, -0.2) is 6.54 Å². The van der Waals surface area contributed by atoms with Crippen molar-refractivity contribution >= 4 is 17.0 Å². The Kier molecular flexibility index (Phi) is 4.79. The lowest BCUT2D eigenvalue weighted by atomic mass is 10.1. The number of nitrogens with two attached hydrogens (primary N) is 1. The van der Waals surface area contributed by atoms with Gasteiger partial charge in [0.05, 0.1) is 0 Å². The summed E-state index contributed by atoms with van der Waals surface area (Å²) in [5.41, 5.74) is 7.89. The SMILES string of the molecule is CCc1ccc(CNCCc2cccc(N)c2)s1. The van der Waals surface area contributed by atoms with Crippen LogP contribution in [0, 0.1) is 0 Å². The van der Waals surface area contributed by atoms with E-state index in [0.29, 0.717) is 0 Å². The van der Waals surface area contributed by atoms with Crippen molar-refractivity contribution in [1.82, 2.24) is 5.32 Å². The van der Waals surface area contributed by atoms with Crippen molar-refractivity contribution in [2.45, 2.75) is 26.3 Å². The van der Waals surface area contributed by atoms with Crippen LogP contribution in [0.3, 0.4) is 0 Å². The molecule has 0 aliphatic heterocycles. The lowest BCUT2D eigenvalue weighted by Crippen LogP contribution is -2.15. The second-order valence-corrected chi connectivity index (χ2v) is 5.65. The number of anilines is 1. The van der Waals surface area contributed by atoms with Crippen LogP contribution in [0.1, 0.15) is 22.2 Å². The Hall–Kier alpha value is -1.32. The molecule has 0 radical (unpaired) electrons. The summed E-state index contributed by atoms with van der Waals surface area (Å²) >= 11 is 1.90. The zero-order valence-corrected chi connectivity index (χ0v) is 11.6. The van der Waals surface area contributed by atoms with Crippen LogP contribution >= 0.6 is 11.3 Å². The van der Waals surface area contributed by atoms with Crippen LogP contribution in [0.4, 0.5) is 5.69 Å². The molecule has 2 aromatic rings. The van der Waals surface area contributed by atoms with Gasteiger partial charge in [0.2, 0.25) is 0 Å². The third kappa shape index (κ3) is 3.86. The fourth-order valence-corrected chi connectivity index (χ4v) is 2.83. The Bertz CT molecular complexity index is 491. The fourth-order valence-electron chi connectivity index (χ4n) is 1.90. The lowest BCUT2D eigenvalue weighted by molar-refractivity contribution is 0.694. The van der Waals surface area contributed by atoms with Crippen LogP contribution in [0.5, 0.6) is 0 Å². The largest absolute Gasteiger partial charge is 0.399 e. The number of thiophene rings is 1. The van der Waals surface area contributed by atoms with Gasteiger partial charge < -0.3 is 11.1 Å². The summed E-state index contributed by atoms with van der Waals surface area (Å²) in [6.45, 7) is 4.15. The van der Waals surface area contributed by atoms with Gasteiger partial charge in [0.25, 0.3) is 0 Å². The summed E-state index contributed by atoms with van der Waals surface area (Å²) in [4.78, 5) is 2.88. The highest BCUT2D eigenvalue weighted by atomic mass is 32.1. The molecule has 0 amide bonds. The smallest absolute Gasteiger partial charge is 0.0316 e. The number of aryl methyl sites for hydroxylation is 1. The average Bonchev–Trinajstić information content (AvgIpc) is 2.83. The first kappa shape index (κ1) is 13.1. The van der Waals surface area contributed by atoms with Crippen molar-refractivity contribution in [3.63, 3.8) is 0 Å². The molecule has 0 aliphatic carbocycles. The van der Waals surface area contributed by atoms with E-state index in [4.69, 9.17) is 5.73 Å². The van der Waals surface area contributed by atoms with Gasteiger partial charge in [-0.2, -0.15) is 0 Å². The minimum Gasteiger partial charge on any atom is -0.399 e. The number of nitrogens with one attached hydrogen (secondary N) is 1. The molecular formula is C15H20N2S. The monoisotopic (exact) mass is 260 g/mol. The molecular weight excluding hydrogens is 240 g/mol. The lowest BCUT2D eigenvalue weighted by Gasteiger charge is -2.04. The number of hydrogen-bond acceptors (Lipinski definition) is 3. The summed E-state index contributed by atoms with van der Waals surface area (Å²) < 4.78 is 0. The Morgan fingerprint density at radius 1 is 1.17 bits per heavy atom. The van der Waals surface area contributed by atoms with Gasteiger partial charge >= 0.3 is 0 Å². The van der Waals surface area contributed by atoms with E-state index in [-0.39, 0.29) is 0 Å². The minimum absolute atomic E-state index is 0.846. The van der Waals surface area contributed by atoms with E-state index in [1.54, 1.807) is 0 Å². The maximum absolute atomic E-state index is 5.75. The first-order valence-corrected chi connectivity index (χ1v) is 7.22. The van der Waals surface area contributed by atoms with Gasteiger partial charge in [-0.3, -0.25) is 0 Å². The van der Waals surface area contributed by atoms with Crippen LogP contribution < -0.4 is 11.1 Å². The van der Waals surface area contributed by atoms with Crippen LogP contribution in [-0.2, 0) is 19.4 Å². The first-order chi connectivity index (χ1) is 8.78. The molecule has 2 rings (SSSR count). The molecule has 0 spiro atoms. The summed E-state index contributed by atoms with van der Waals surface area (Å²) in [5.74, 6) is 0. The maximum Gasteiger partial charge on any atom is 0.0316 e. The van der Waals surface area contributed by atoms with Crippen molar-refractivity contribution in [3.8, 4) is 0 Å². The Balaban J connectivity index is 1.72. The first-order valence-electron chi connectivity index (χ1n) is 6.40. The molecule has 96 valence electrons. The number of benzene rings is 1. The Labute approximate surface area is 113 Å². The molecule has 18 heavy (non-hydrogen) atoms. The van der Waals surface area contributed by atoms with Crippen molar-refractivity contribution < 1.29 is 0 Å². The molecule has 3 heteroatoms. The summed E-state index contributed by atoms with van der Waals surface area (Å²) in [5, 5.41) is 3.48. The molecule has 0 aliphatic rings. The third-order valence-electron chi connectivity index (χ3n) is 2.91. The molecule has 0 unspecified atom stereocenters. The van der Waals surface area contributed by atoms with E-state index in [0.717, 1.165) is 31.6 Å². The van der Waals surface area contributed by atoms with Crippen molar-refractivity contribution in [1.29, 1.82) is 0 Å². The normalized spacial score (nSPS) is 10.7. The molecule has 1 heterocycles. The Morgan fingerprint density at radius 3 is 2.72 bits per heavy atom. The zero-order valence-electron chi connectivity index (χ0n) is 10.8. The highest BCUT2D eigenvalue weighted by molar-refractivity contribution is 7.11. The van der Waals surface area contributed by atoms with E-state index < -0.39 is 0 Å². The molecule has 3 N–H and O–H groups in total. The predicted molar refractivity (Wildman–Crippen MR) is 80.0 cm³/mol. The predicted octanol–water partition coefficient (Wildman–Crippen LogP) is 3.23.